The normalized spacial score (nSPS) is 12.5. The molecule has 114 valence electrons. The Hall–Kier alpha value is -2.04. The Labute approximate surface area is 125 Å². The molecule has 2 N–H and O–H groups in total. The molecule has 1 aromatic carbocycles. The number of fused-ring (bicyclic) bond motifs is 1. The Morgan fingerprint density at radius 1 is 1.29 bits per heavy atom. The fourth-order valence-corrected chi connectivity index (χ4v) is 2.55. The Bertz CT molecular complexity index is 524. The van der Waals surface area contributed by atoms with Gasteiger partial charge in [0, 0.05) is 43.9 Å². The summed E-state index contributed by atoms with van der Waals surface area (Å²) in [6, 6.07) is 5.71. The first-order valence-electron chi connectivity index (χ1n) is 7.58. The van der Waals surface area contributed by atoms with Crippen molar-refractivity contribution in [2.75, 3.05) is 31.5 Å². The van der Waals surface area contributed by atoms with E-state index in [1.165, 1.54) is 5.56 Å². The standard InChI is InChI=1S/C16H23N3O2/c1-3-19(4-2)15(20)8-10-18-16(21)13-6-5-12-7-9-17-14(12)11-13/h5-6,11,17H,3-4,7-10H2,1-2H3,(H,18,21). The van der Waals surface area contributed by atoms with Gasteiger partial charge in [-0.3, -0.25) is 9.59 Å². The summed E-state index contributed by atoms with van der Waals surface area (Å²) in [5.74, 6) is -0.0465. The molecule has 0 atom stereocenters. The molecule has 5 nitrogen and oxygen atoms in total. The van der Waals surface area contributed by atoms with Gasteiger partial charge in [-0.2, -0.15) is 0 Å². The fraction of sp³-hybridized carbons (Fsp3) is 0.500. The van der Waals surface area contributed by atoms with Gasteiger partial charge in [0.05, 0.1) is 0 Å². The van der Waals surface area contributed by atoms with Crippen molar-refractivity contribution in [3.63, 3.8) is 0 Å². The summed E-state index contributed by atoms with van der Waals surface area (Å²) in [5, 5.41) is 6.07. The first-order chi connectivity index (χ1) is 10.2. The highest BCUT2D eigenvalue weighted by Gasteiger charge is 2.14. The molecule has 1 aliphatic rings. The molecule has 2 rings (SSSR count). The monoisotopic (exact) mass is 289 g/mol. The molecule has 0 saturated carbocycles. The molecular formula is C16H23N3O2. The summed E-state index contributed by atoms with van der Waals surface area (Å²) in [6.45, 7) is 6.63. The fourth-order valence-electron chi connectivity index (χ4n) is 2.55. The minimum atomic E-state index is -0.126. The van der Waals surface area contributed by atoms with Crippen LogP contribution in [0.1, 0.15) is 36.2 Å². The van der Waals surface area contributed by atoms with E-state index in [-0.39, 0.29) is 11.8 Å². The van der Waals surface area contributed by atoms with Gasteiger partial charge in [0.1, 0.15) is 0 Å². The predicted molar refractivity (Wildman–Crippen MR) is 83.5 cm³/mol. The third kappa shape index (κ3) is 3.74. The molecule has 0 fully saturated rings. The van der Waals surface area contributed by atoms with E-state index in [0.29, 0.717) is 31.6 Å². The molecule has 5 heteroatoms. The second-order valence-corrected chi connectivity index (χ2v) is 5.12. The average Bonchev–Trinajstić information content (AvgIpc) is 2.95. The highest BCUT2D eigenvalue weighted by molar-refractivity contribution is 5.95. The van der Waals surface area contributed by atoms with E-state index in [1.54, 1.807) is 4.90 Å². The number of hydrogen-bond acceptors (Lipinski definition) is 3. The number of carbonyl (C=O) groups is 2. The number of hydrogen-bond donors (Lipinski definition) is 2. The summed E-state index contributed by atoms with van der Waals surface area (Å²) in [4.78, 5) is 25.7. The van der Waals surface area contributed by atoms with Crippen LogP contribution in [0.3, 0.4) is 0 Å². The molecule has 0 aliphatic carbocycles. The van der Waals surface area contributed by atoms with Crippen LogP contribution in [-0.4, -0.2) is 42.9 Å². The lowest BCUT2D eigenvalue weighted by Gasteiger charge is -2.18. The zero-order valence-electron chi connectivity index (χ0n) is 12.7. The van der Waals surface area contributed by atoms with Gasteiger partial charge in [0.25, 0.3) is 5.91 Å². The molecule has 0 spiro atoms. The van der Waals surface area contributed by atoms with Crippen LogP contribution in [-0.2, 0) is 11.2 Å². The zero-order chi connectivity index (χ0) is 15.2. The molecule has 1 heterocycles. The van der Waals surface area contributed by atoms with Gasteiger partial charge in [-0.15, -0.1) is 0 Å². The van der Waals surface area contributed by atoms with Gasteiger partial charge in [-0.1, -0.05) is 6.07 Å². The first kappa shape index (κ1) is 15.4. The number of rotatable bonds is 6. The average molecular weight is 289 g/mol. The SMILES string of the molecule is CCN(CC)C(=O)CCNC(=O)c1ccc2c(c1)NCC2. The number of benzene rings is 1. The van der Waals surface area contributed by atoms with Crippen LogP contribution in [0.5, 0.6) is 0 Å². The maximum atomic E-state index is 12.1. The summed E-state index contributed by atoms with van der Waals surface area (Å²) in [6.07, 6.45) is 1.35. The van der Waals surface area contributed by atoms with E-state index in [9.17, 15) is 9.59 Å². The molecule has 1 aliphatic heterocycles. The number of nitrogens with one attached hydrogen (secondary N) is 2. The van der Waals surface area contributed by atoms with E-state index in [0.717, 1.165) is 18.7 Å². The molecule has 1 aromatic rings. The van der Waals surface area contributed by atoms with Crippen LogP contribution in [0.15, 0.2) is 18.2 Å². The second-order valence-electron chi connectivity index (χ2n) is 5.12. The zero-order valence-corrected chi connectivity index (χ0v) is 12.7. The number of anilines is 1. The van der Waals surface area contributed by atoms with Crippen LogP contribution in [0.2, 0.25) is 0 Å². The third-order valence-corrected chi connectivity index (χ3v) is 3.82. The molecule has 0 bridgehead atoms. The Kier molecular flexibility index (Phi) is 5.20. The van der Waals surface area contributed by atoms with Crippen molar-refractivity contribution in [1.82, 2.24) is 10.2 Å². The Morgan fingerprint density at radius 2 is 2.05 bits per heavy atom. The van der Waals surface area contributed by atoms with E-state index < -0.39 is 0 Å². The summed E-state index contributed by atoms with van der Waals surface area (Å²) in [5.41, 5.74) is 2.93. The quantitative estimate of drug-likeness (QED) is 0.837. The van der Waals surface area contributed by atoms with Crippen molar-refractivity contribution in [2.24, 2.45) is 0 Å². The van der Waals surface area contributed by atoms with Gasteiger partial charge in [-0.25, -0.2) is 0 Å². The van der Waals surface area contributed by atoms with E-state index in [2.05, 4.69) is 10.6 Å². The minimum Gasteiger partial charge on any atom is -0.384 e. The van der Waals surface area contributed by atoms with Gasteiger partial charge >= 0.3 is 0 Å². The molecule has 0 saturated heterocycles. The second kappa shape index (κ2) is 7.11. The molecule has 2 amide bonds. The lowest BCUT2D eigenvalue weighted by Crippen LogP contribution is -2.34. The lowest BCUT2D eigenvalue weighted by atomic mass is 10.1. The van der Waals surface area contributed by atoms with E-state index in [4.69, 9.17) is 0 Å². The van der Waals surface area contributed by atoms with Crippen molar-refractivity contribution in [3.8, 4) is 0 Å². The molecule has 21 heavy (non-hydrogen) atoms. The maximum Gasteiger partial charge on any atom is 0.251 e. The Balaban J connectivity index is 1.83. The summed E-state index contributed by atoms with van der Waals surface area (Å²) < 4.78 is 0. The van der Waals surface area contributed by atoms with E-state index in [1.807, 2.05) is 32.0 Å². The van der Waals surface area contributed by atoms with Crippen molar-refractivity contribution < 1.29 is 9.59 Å². The topological polar surface area (TPSA) is 61.4 Å². The number of carbonyl (C=O) groups excluding carboxylic acids is 2. The van der Waals surface area contributed by atoms with Crippen LogP contribution in [0.4, 0.5) is 5.69 Å². The molecule has 0 radical (unpaired) electrons. The van der Waals surface area contributed by atoms with Crippen molar-refractivity contribution in [1.29, 1.82) is 0 Å². The summed E-state index contributed by atoms with van der Waals surface area (Å²) >= 11 is 0. The van der Waals surface area contributed by atoms with E-state index >= 15 is 0 Å². The van der Waals surface area contributed by atoms with Crippen LogP contribution in [0.25, 0.3) is 0 Å². The smallest absolute Gasteiger partial charge is 0.251 e. The predicted octanol–water partition coefficient (Wildman–Crippen LogP) is 1.64. The van der Waals surface area contributed by atoms with Crippen LogP contribution < -0.4 is 10.6 Å². The van der Waals surface area contributed by atoms with Crippen LogP contribution in [0, 0.1) is 0 Å². The largest absolute Gasteiger partial charge is 0.384 e. The van der Waals surface area contributed by atoms with Gasteiger partial charge in [0.2, 0.25) is 5.91 Å². The Morgan fingerprint density at radius 3 is 2.76 bits per heavy atom. The summed E-state index contributed by atoms with van der Waals surface area (Å²) in [7, 11) is 0. The van der Waals surface area contributed by atoms with Gasteiger partial charge in [0.15, 0.2) is 0 Å². The van der Waals surface area contributed by atoms with Crippen molar-refractivity contribution in [2.45, 2.75) is 26.7 Å². The number of amides is 2. The minimum absolute atomic E-state index is 0.0796. The first-order valence-corrected chi connectivity index (χ1v) is 7.58. The highest BCUT2D eigenvalue weighted by atomic mass is 16.2. The molecule has 0 unspecified atom stereocenters. The maximum absolute atomic E-state index is 12.1. The van der Waals surface area contributed by atoms with Gasteiger partial charge < -0.3 is 15.5 Å². The molecular weight excluding hydrogens is 266 g/mol. The third-order valence-electron chi connectivity index (χ3n) is 3.82. The van der Waals surface area contributed by atoms with Crippen molar-refractivity contribution in [3.05, 3.63) is 29.3 Å². The highest BCUT2D eigenvalue weighted by Crippen LogP contribution is 2.23. The lowest BCUT2D eigenvalue weighted by molar-refractivity contribution is -0.130. The molecule has 0 aromatic heterocycles. The number of nitrogens with zero attached hydrogens (tertiary/aromatic N) is 1. The van der Waals surface area contributed by atoms with Gasteiger partial charge in [-0.05, 0) is 38.0 Å². The van der Waals surface area contributed by atoms with Crippen LogP contribution >= 0.6 is 0 Å². The van der Waals surface area contributed by atoms with Crippen molar-refractivity contribution >= 4 is 17.5 Å².